The first-order valence-corrected chi connectivity index (χ1v) is 11.3. The first-order valence-electron chi connectivity index (χ1n) is 9.37. The molecule has 0 radical (unpaired) electrons. The maximum Gasteiger partial charge on any atom is 0.407 e. The molecule has 8 heteroatoms. The Balaban J connectivity index is 1.55. The molecule has 1 N–H and O–H groups in total. The van der Waals surface area contributed by atoms with Crippen LogP contribution in [0.15, 0.2) is 18.2 Å². The summed E-state index contributed by atoms with van der Waals surface area (Å²) in [5, 5.41) is 10.3. The molecule has 2 aliphatic rings. The Morgan fingerprint density at radius 3 is 2.63 bits per heavy atom. The van der Waals surface area contributed by atoms with E-state index in [0.717, 1.165) is 31.6 Å². The van der Waals surface area contributed by atoms with E-state index in [2.05, 4.69) is 9.80 Å². The van der Waals surface area contributed by atoms with Crippen molar-refractivity contribution >= 4 is 41.1 Å². The Morgan fingerprint density at radius 1 is 1.30 bits per heavy atom. The van der Waals surface area contributed by atoms with E-state index >= 15 is 0 Å². The van der Waals surface area contributed by atoms with Crippen LogP contribution in [0.25, 0.3) is 0 Å². The van der Waals surface area contributed by atoms with E-state index in [0.29, 0.717) is 22.6 Å². The molecule has 27 heavy (non-hydrogen) atoms. The van der Waals surface area contributed by atoms with Gasteiger partial charge in [-0.3, -0.25) is 4.90 Å². The number of carbonyl (C=O) groups is 1. The molecule has 3 rings (SSSR count). The van der Waals surface area contributed by atoms with Crippen LogP contribution in [-0.4, -0.2) is 89.8 Å². The van der Waals surface area contributed by atoms with Gasteiger partial charge in [-0.2, -0.15) is 11.8 Å². The fraction of sp³-hybridized carbons (Fsp3) is 0.632. The van der Waals surface area contributed by atoms with Gasteiger partial charge >= 0.3 is 6.09 Å². The Hall–Kier alpha value is -0.660. The number of benzene rings is 1. The maximum atomic E-state index is 11.3. The van der Waals surface area contributed by atoms with Gasteiger partial charge in [0.05, 0.1) is 10.0 Å². The highest BCUT2D eigenvalue weighted by atomic mass is 35.5. The number of nitrogens with zero attached hydrogens (tertiary/aromatic N) is 3. The monoisotopic (exact) mass is 431 g/mol. The lowest BCUT2D eigenvalue weighted by atomic mass is 9.94. The molecule has 0 aliphatic carbocycles. The quantitative estimate of drug-likeness (QED) is 0.710. The highest BCUT2D eigenvalue weighted by Gasteiger charge is 2.32. The SMILES string of the molecule is CN(C[C@@H](CCN1CC(N2CCSCC2)C1)c1ccc(Cl)c(Cl)c1)C(=O)O. The van der Waals surface area contributed by atoms with E-state index < -0.39 is 6.09 Å². The number of carboxylic acid groups (broad SMARTS) is 1. The average molecular weight is 432 g/mol. The maximum absolute atomic E-state index is 11.3. The highest BCUT2D eigenvalue weighted by molar-refractivity contribution is 7.99. The largest absolute Gasteiger partial charge is 0.465 e. The van der Waals surface area contributed by atoms with Crippen LogP contribution >= 0.6 is 35.0 Å². The van der Waals surface area contributed by atoms with Gasteiger partial charge in [0.15, 0.2) is 0 Å². The van der Waals surface area contributed by atoms with Crippen LogP contribution in [0.4, 0.5) is 4.79 Å². The summed E-state index contributed by atoms with van der Waals surface area (Å²) in [4.78, 5) is 17.7. The zero-order valence-corrected chi connectivity index (χ0v) is 17.9. The van der Waals surface area contributed by atoms with Crippen LogP contribution < -0.4 is 0 Å². The summed E-state index contributed by atoms with van der Waals surface area (Å²) in [7, 11) is 1.61. The van der Waals surface area contributed by atoms with Gasteiger partial charge in [0, 0.05) is 63.2 Å². The van der Waals surface area contributed by atoms with Gasteiger partial charge in [0.2, 0.25) is 0 Å². The zero-order chi connectivity index (χ0) is 19.4. The molecule has 2 saturated heterocycles. The Morgan fingerprint density at radius 2 is 2.00 bits per heavy atom. The van der Waals surface area contributed by atoms with Crippen LogP contribution in [-0.2, 0) is 0 Å². The molecule has 2 heterocycles. The summed E-state index contributed by atoms with van der Waals surface area (Å²) in [6.45, 7) is 6.07. The van der Waals surface area contributed by atoms with Crippen molar-refractivity contribution in [2.75, 3.05) is 57.8 Å². The Labute approximate surface area is 175 Å². The first-order chi connectivity index (χ1) is 12.9. The van der Waals surface area contributed by atoms with Gasteiger partial charge in [-0.1, -0.05) is 29.3 Å². The fourth-order valence-corrected chi connectivity index (χ4v) is 5.01. The summed E-state index contributed by atoms with van der Waals surface area (Å²) in [5.41, 5.74) is 1.04. The summed E-state index contributed by atoms with van der Waals surface area (Å²) in [6, 6.07) is 6.31. The molecule has 2 aliphatic heterocycles. The summed E-state index contributed by atoms with van der Waals surface area (Å²) in [6.07, 6.45) is -0.00920. The third-order valence-electron chi connectivity index (χ3n) is 5.53. The molecule has 1 atom stereocenters. The molecular weight excluding hydrogens is 405 g/mol. The fourth-order valence-electron chi connectivity index (χ4n) is 3.78. The van der Waals surface area contributed by atoms with Crippen LogP contribution in [0.3, 0.4) is 0 Å². The van der Waals surface area contributed by atoms with E-state index in [4.69, 9.17) is 23.2 Å². The number of likely N-dealkylation sites (N-methyl/N-ethyl adjacent to an activating group) is 1. The van der Waals surface area contributed by atoms with Gasteiger partial charge in [-0.05, 0) is 30.7 Å². The number of likely N-dealkylation sites (tertiary alicyclic amines) is 1. The van der Waals surface area contributed by atoms with Crippen molar-refractivity contribution in [1.82, 2.24) is 14.7 Å². The second kappa shape index (κ2) is 9.70. The second-order valence-corrected chi connectivity index (χ2v) is 9.42. The highest BCUT2D eigenvalue weighted by Crippen LogP contribution is 2.29. The minimum atomic E-state index is -0.910. The molecule has 0 unspecified atom stereocenters. The van der Waals surface area contributed by atoms with Crippen LogP contribution in [0.5, 0.6) is 0 Å². The van der Waals surface area contributed by atoms with Crippen LogP contribution in [0.1, 0.15) is 17.9 Å². The minimum Gasteiger partial charge on any atom is -0.465 e. The lowest BCUT2D eigenvalue weighted by molar-refractivity contribution is 0.0373. The summed E-state index contributed by atoms with van der Waals surface area (Å²) >= 11 is 14.3. The van der Waals surface area contributed by atoms with Crippen molar-refractivity contribution in [1.29, 1.82) is 0 Å². The lowest BCUT2D eigenvalue weighted by Gasteiger charge is -2.47. The van der Waals surface area contributed by atoms with E-state index in [9.17, 15) is 9.90 Å². The first kappa shape index (κ1) is 21.1. The van der Waals surface area contributed by atoms with E-state index in [1.165, 1.54) is 29.5 Å². The normalized spacial score (nSPS) is 20.3. The van der Waals surface area contributed by atoms with Crippen molar-refractivity contribution in [3.8, 4) is 0 Å². The van der Waals surface area contributed by atoms with Gasteiger partial charge < -0.3 is 14.9 Å². The Bertz CT molecular complexity index is 652. The molecule has 5 nitrogen and oxygen atoms in total. The smallest absolute Gasteiger partial charge is 0.407 e. The van der Waals surface area contributed by atoms with Gasteiger partial charge in [-0.25, -0.2) is 4.79 Å². The number of hydrogen-bond acceptors (Lipinski definition) is 4. The number of amides is 1. The third-order valence-corrected chi connectivity index (χ3v) is 7.21. The number of rotatable bonds is 7. The molecular formula is C19H27Cl2N3O2S. The topological polar surface area (TPSA) is 47.0 Å². The molecule has 0 aromatic heterocycles. The van der Waals surface area contributed by atoms with E-state index in [1.807, 2.05) is 23.9 Å². The van der Waals surface area contributed by atoms with Gasteiger partial charge in [-0.15, -0.1) is 0 Å². The van der Waals surface area contributed by atoms with Crippen LogP contribution in [0, 0.1) is 0 Å². The number of thioether (sulfide) groups is 1. The Kier molecular flexibility index (Phi) is 7.57. The van der Waals surface area contributed by atoms with Crippen molar-refractivity contribution in [2.24, 2.45) is 0 Å². The molecule has 1 aromatic rings. The molecule has 0 bridgehead atoms. The van der Waals surface area contributed by atoms with E-state index in [1.54, 1.807) is 13.1 Å². The molecule has 1 aromatic carbocycles. The second-order valence-electron chi connectivity index (χ2n) is 7.38. The number of hydrogen-bond donors (Lipinski definition) is 1. The predicted octanol–water partition coefficient (Wildman–Crippen LogP) is 3.81. The summed E-state index contributed by atoms with van der Waals surface area (Å²) in [5.74, 6) is 2.60. The average Bonchev–Trinajstić information content (AvgIpc) is 2.62. The van der Waals surface area contributed by atoms with Crippen molar-refractivity contribution in [2.45, 2.75) is 18.4 Å². The van der Waals surface area contributed by atoms with Gasteiger partial charge in [0.1, 0.15) is 0 Å². The lowest BCUT2D eigenvalue weighted by Crippen LogP contribution is -2.61. The summed E-state index contributed by atoms with van der Waals surface area (Å²) < 4.78 is 0. The molecule has 150 valence electrons. The molecule has 0 saturated carbocycles. The molecule has 1 amide bonds. The van der Waals surface area contributed by atoms with Crippen molar-refractivity contribution < 1.29 is 9.90 Å². The van der Waals surface area contributed by atoms with Crippen molar-refractivity contribution in [3.05, 3.63) is 33.8 Å². The van der Waals surface area contributed by atoms with E-state index in [-0.39, 0.29) is 5.92 Å². The zero-order valence-electron chi connectivity index (χ0n) is 15.6. The minimum absolute atomic E-state index is 0.103. The third kappa shape index (κ3) is 5.67. The van der Waals surface area contributed by atoms with Crippen LogP contribution in [0.2, 0.25) is 10.0 Å². The molecule has 0 spiro atoms. The standard InChI is InChI=1S/C19H27Cl2N3O2S/c1-22(19(25)26)11-15(14-2-3-17(20)18(21)10-14)4-5-23-12-16(13-23)24-6-8-27-9-7-24/h2-3,10,15-16H,4-9,11-13H2,1H3,(H,25,26)/t15-/m1/s1. The van der Waals surface area contributed by atoms with Crippen molar-refractivity contribution in [3.63, 3.8) is 0 Å². The molecule has 2 fully saturated rings. The van der Waals surface area contributed by atoms with Gasteiger partial charge in [0.25, 0.3) is 0 Å². The predicted molar refractivity (Wildman–Crippen MR) is 114 cm³/mol. The number of halogens is 2.